The third kappa shape index (κ3) is 3.24. The zero-order chi connectivity index (χ0) is 14.0. The summed E-state index contributed by atoms with van der Waals surface area (Å²) in [7, 11) is 1.99. The van der Waals surface area contributed by atoms with Crippen molar-refractivity contribution in [3.63, 3.8) is 0 Å². The van der Waals surface area contributed by atoms with Crippen molar-refractivity contribution in [2.45, 2.75) is 32.9 Å². The maximum atomic E-state index is 5.85. The molecule has 1 aromatic carbocycles. The fourth-order valence-electron chi connectivity index (χ4n) is 1.92. The Kier molecular flexibility index (Phi) is 3.46. The molecule has 5 nitrogen and oxygen atoms in total. The molecular weight excluding hydrogens is 238 g/mol. The SMILES string of the molecule is Cn1c(CN=C(N)NC(C)(C)C)nc2ccccc21. The highest BCUT2D eigenvalue weighted by Crippen LogP contribution is 2.14. The summed E-state index contributed by atoms with van der Waals surface area (Å²) in [5.41, 5.74) is 7.86. The van der Waals surface area contributed by atoms with E-state index < -0.39 is 0 Å². The van der Waals surface area contributed by atoms with E-state index in [0.29, 0.717) is 12.5 Å². The zero-order valence-corrected chi connectivity index (χ0v) is 11.9. The van der Waals surface area contributed by atoms with E-state index in [1.54, 1.807) is 0 Å². The fourth-order valence-corrected chi connectivity index (χ4v) is 1.92. The first-order valence-electron chi connectivity index (χ1n) is 6.35. The maximum absolute atomic E-state index is 5.85. The standard InChI is InChI=1S/C14H21N5/c1-14(2,3)18-13(15)16-9-12-17-10-7-5-6-8-11(10)19(12)4/h5-8H,9H2,1-4H3,(H3,15,16,18). The minimum Gasteiger partial charge on any atom is -0.370 e. The summed E-state index contributed by atoms with van der Waals surface area (Å²) in [4.78, 5) is 8.89. The molecule has 0 amide bonds. The molecule has 0 atom stereocenters. The summed E-state index contributed by atoms with van der Waals surface area (Å²) in [6.45, 7) is 6.61. The van der Waals surface area contributed by atoms with Crippen LogP contribution in [0.5, 0.6) is 0 Å². The van der Waals surface area contributed by atoms with Crippen molar-refractivity contribution in [3.8, 4) is 0 Å². The number of guanidine groups is 1. The monoisotopic (exact) mass is 259 g/mol. The van der Waals surface area contributed by atoms with Gasteiger partial charge in [-0.2, -0.15) is 0 Å². The molecule has 5 heteroatoms. The van der Waals surface area contributed by atoms with Crippen molar-refractivity contribution < 1.29 is 0 Å². The lowest BCUT2D eigenvalue weighted by Gasteiger charge is -2.20. The number of nitrogens with one attached hydrogen (secondary N) is 1. The molecule has 0 unspecified atom stereocenters. The smallest absolute Gasteiger partial charge is 0.189 e. The number of imidazole rings is 1. The lowest BCUT2D eigenvalue weighted by atomic mass is 10.1. The molecule has 0 spiro atoms. The number of aryl methyl sites for hydroxylation is 1. The summed E-state index contributed by atoms with van der Waals surface area (Å²) >= 11 is 0. The highest BCUT2D eigenvalue weighted by molar-refractivity contribution is 5.79. The third-order valence-corrected chi connectivity index (χ3v) is 2.77. The van der Waals surface area contributed by atoms with Gasteiger partial charge in [0.05, 0.1) is 11.0 Å². The second-order valence-electron chi connectivity index (χ2n) is 5.65. The molecule has 0 saturated heterocycles. The molecule has 19 heavy (non-hydrogen) atoms. The average Bonchev–Trinajstić information content (AvgIpc) is 2.62. The quantitative estimate of drug-likeness (QED) is 0.638. The predicted molar refractivity (Wildman–Crippen MR) is 78.9 cm³/mol. The first kappa shape index (κ1) is 13.4. The van der Waals surface area contributed by atoms with Crippen LogP contribution < -0.4 is 11.1 Å². The van der Waals surface area contributed by atoms with Crippen molar-refractivity contribution in [3.05, 3.63) is 30.1 Å². The second-order valence-corrected chi connectivity index (χ2v) is 5.65. The van der Waals surface area contributed by atoms with Crippen LogP contribution in [0.1, 0.15) is 26.6 Å². The molecule has 0 radical (unpaired) electrons. The fraction of sp³-hybridized carbons (Fsp3) is 0.429. The molecule has 1 aromatic heterocycles. The highest BCUT2D eigenvalue weighted by Gasteiger charge is 2.10. The van der Waals surface area contributed by atoms with Gasteiger partial charge < -0.3 is 15.6 Å². The summed E-state index contributed by atoms with van der Waals surface area (Å²) in [6.07, 6.45) is 0. The summed E-state index contributed by atoms with van der Waals surface area (Å²) in [5, 5.41) is 3.13. The van der Waals surface area contributed by atoms with Gasteiger partial charge in [0, 0.05) is 12.6 Å². The van der Waals surface area contributed by atoms with Crippen LogP contribution in [0.25, 0.3) is 11.0 Å². The van der Waals surface area contributed by atoms with Crippen molar-refractivity contribution in [2.75, 3.05) is 0 Å². The topological polar surface area (TPSA) is 68.2 Å². The Morgan fingerprint density at radius 1 is 1.37 bits per heavy atom. The van der Waals surface area contributed by atoms with Crippen molar-refractivity contribution >= 4 is 17.0 Å². The highest BCUT2D eigenvalue weighted by atomic mass is 15.1. The molecule has 1 heterocycles. The van der Waals surface area contributed by atoms with Crippen LogP contribution in [0.4, 0.5) is 0 Å². The van der Waals surface area contributed by atoms with Gasteiger partial charge in [0.25, 0.3) is 0 Å². The van der Waals surface area contributed by atoms with Gasteiger partial charge in [0.2, 0.25) is 0 Å². The number of aliphatic imine (C=N–C) groups is 1. The van der Waals surface area contributed by atoms with E-state index in [4.69, 9.17) is 5.73 Å². The van der Waals surface area contributed by atoms with Gasteiger partial charge in [-0.3, -0.25) is 0 Å². The number of hydrogen-bond donors (Lipinski definition) is 2. The van der Waals surface area contributed by atoms with Gasteiger partial charge in [0.1, 0.15) is 12.4 Å². The summed E-state index contributed by atoms with van der Waals surface area (Å²) in [6, 6.07) is 8.04. The lowest BCUT2D eigenvalue weighted by molar-refractivity contribution is 0.508. The molecular formula is C14H21N5. The second kappa shape index (κ2) is 4.91. The van der Waals surface area contributed by atoms with Crippen molar-refractivity contribution in [2.24, 2.45) is 17.8 Å². The van der Waals surface area contributed by atoms with Crippen LogP contribution in [0.3, 0.4) is 0 Å². The van der Waals surface area contributed by atoms with E-state index in [-0.39, 0.29) is 5.54 Å². The molecule has 2 rings (SSSR count). The Bertz CT molecular complexity index is 604. The molecule has 0 saturated carbocycles. The lowest BCUT2D eigenvalue weighted by Crippen LogP contribution is -2.45. The molecule has 0 fully saturated rings. The van der Waals surface area contributed by atoms with Crippen LogP contribution in [0.2, 0.25) is 0 Å². The van der Waals surface area contributed by atoms with Gasteiger partial charge in [-0.1, -0.05) is 12.1 Å². The van der Waals surface area contributed by atoms with E-state index in [1.807, 2.05) is 56.7 Å². The number of nitrogens with zero attached hydrogens (tertiary/aromatic N) is 3. The number of para-hydroxylation sites is 2. The minimum atomic E-state index is -0.0834. The molecule has 0 bridgehead atoms. The average molecular weight is 259 g/mol. The van der Waals surface area contributed by atoms with Gasteiger partial charge in [-0.15, -0.1) is 0 Å². The Morgan fingerprint density at radius 3 is 2.68 bits per heavy atom. The van der Waals surface area contributed by atoms with Gasteiger partial charge in [0.15, 0.2) is 5.96 Å². The molecule has 102 valence electrons. The number of hydrogen-bond acceptors (Lipinski definition) is 2. The van der Waals surface area contributed by atoms with Crippen LogP contribution in [-0.2, 0) is 13.6 Å². The number of fused-ring (bicyclic) bond motifs is 1. The number of aromatic nitrogens is 2. The molecule has 0 aliphatic carbocycles. The van der Waals surface area contributed by atoms with Crippen LogP contribution in [0.15, 0.2) is 29.3 Å². The van der Waals surface area contributed by atoms with Gasteiger partial charge in [-0.05, 0) is 32.9 Å². The van der Waals surface area contributed by atoms with E-state index in [0.717, 1.165) is 16.9 Å². The number of nitrogens with two attached hydrogens (primary N) is 1. The molecule has 0 aliphatic heterocycles. The number of rotatable bonds is 2. The van der Waals surface area contributed by atoms with Crippen LogP contribution in [-0.4, -0.2) is 21.0 Å². The van der Waals surface area contributed by atoms with Crippen LogP contribution >= 0.6 is 0 Å². The van der Waals surface area contributed by atoms with E-state index >= 15 is 0 Å². The largest absolute Gasteiger partial charge is 0.370 e. The minimum absolute atomic E-state index is 0.0834. The Balaban J connectivity index is 2.18. The maximum Gasteiger partial charge on any atom is 0.189 e. The first-order chi connectivity index (χ1) is 8.87. The number of benzene rings is 1. The predicted octanol–water partition coefficient (Wildman–Crippen LogP) is 1.78. The van der Waals surface area contributed by atoms with Gasteiger partial charge in [-0.25, -0.2) is 9.98 Å². The molecule has 0 aliphatic rings. The van der Waals surface area contributed by atoms with E-state index in [1.165, 1.54) is 0 Å². The molecule has 2 aromatic rings. The van der Waals surface area contributed by atoms with E-state index in [2.05, 4.69) is 15.3 Å². The van der Waals surface area contributed by atoms with Crippen LogP contribution in [0, 0.1) is 0 Å². The van der Waals surface area contributed by atoms with E-state index in [9.17, 15) is 0 Å². The Morgan fingerprint density at radius 2 is 2.05 bits per heavy atom. The Labute approximate surface area is 113 Å². The summed E-state index contributed by atoms with van der Waals surface area (Å²) < 4.78 is 2.04. The first-order valence-corrected chi connectivity index (χ1v) is 6.35. The summed E-state index contributed by atoms with van der Waals surface area (Å²) in [5.74, 6) is 1.35. The van der Waals surface area contributed by atoms with Crippen molar-refractivity contribution in [1.29, 1.82) is 0 Å². The normalized spacial score (nSPS) is 12.9. The Hall–Kier alpha value is -2.04. The molecule has 3 N–H and O–H groups in total. The zero-order valence-electron chi connectivity index (χ0n) is 11.9. The van der Waals surface area contributed by atoms with Gasteiger partial charge >= 0.3 is 0 Å². The third-order valence-electron chi connectivity index (χ3n) is 2.77. The van der Waals surface area contributed by atoms with Crippen molar-refractivity contribution in [1.82, 2.24) is 14.9 Å².